The Morgan fingerprint density at radius 3 is 1.60 bits per heavy atom. The van der Waals surface area contributed by atoms with E-state index in [9.17, 15) is 9.59 Å². The van der Waals surface area contributed by atoms with Crippen molar-refractivity contribution in [3.63, 3.8) is 0 Å². The maximum atomic E-state index is 13.4. The number of carbonyl (C=O) groups is 2. The van der Waals surface area contributed by atoms with Crippen LogP contribution >= 0.6 is 0 Å². The number of ether oxygens (including phenoxy) is 4. The van der Waals surface area contributed by atoms with Gasteiger partial charge in [0.2, 0.25) is 0 Å². The fourth-order valence-corrected chi connectivity index (χ4v) is 5.22. The minimum absolute atomic E-state index is 0.0474. The summed E-state index contributed by atoms with van der Waals surface area (Å²) in [7, 11) is 3.02. The van der Waals surface area contributed by atoms with Crippen LogP contribution in [0.25, 0.3) is 0 Å². The lowest BCUT2D eigenvalue weighted by Gasteiger charge is -2.49. The third kappa shape index (κ3) is 7.90. The molecule has 2 unspecified atom stereocenters. The molecule has 0 aliphatic carbocycles. The summed E-state index contributed by atoms with van der Waals surface area (Å²) in [6.45, 7) is 7.60. The Morgan fingerprint density at radius 2 is 1.09 bits per heavy atom. The van der Waals surface area contributed by atoms with Crippen LogP contribution < -0.4 is 9.47 Å². The standard InChI is InChI=1S/C37H41NO7/c1-27(28-17-9-7-10-18-28)45-38(36(2,3)25-43-34(39)30-21-13-15-23-32(30)41-5)37(4,29-19-11-8-12-20-29)26-44-35(40)31-22-14-16-24-33(31)42-6/h7-24,27H,25-26H2,1-6H3. The van der Waals surface area contributed by atoms with E-state index in [0.717, 1.165) is 11.1 Å². The van der Waals surface area contributed by atoms with Gasteiger partial charge in [0.15, 0.2) is 0 Å². The van der Waals surface area contributed by atoms with Crippen LogP contribution in [-0.2, 0) is 19.9 Å². The predicted octanol–water partition coefficient (Wildman–Crippen LogP) is 7.41. The van der Waals surface area contributed by atoms with Crippen molar-refractivity contribution in [1.29, 1.82) is 0 Å². The number of hydrogen-bond acceptors (Lipinski definition) is 8. The molecule has 2 atom stereocenters. The van der Waals surface area contributed by atoms with Gasteiger partial charge in [-0.1, -0.05) is 84.9 Å². The quantitative estimate of drug-likeness (QED) is 0.108. The molecule has 0 aliphatic heterocycles. The van der Waals surface area contributed by atoms with E-state index < -0.39 is 29.1 Å². The molecular weight excluding hydrogens is 570 g/mol. The van der Waals surface area contributed by atoms with Crippen molar-refractivity contribution in [3.8, 4) is 11.5 Å². The average Bonchev–Trinajstić information content (AvgIpc) is 3.08. The van der Waals surface area contributed by atoms with Crippen molar-refractivity contribution in [3.05, 3.63) is 131 Å². The number of nitrogens with zero attached hydrogens (tertiary/aromatic N) is 1. The minimum atomic E-state index is -1.04. The molecule has 236 valence electrons. The SMILES string of the molecule is COc1ccccc1C(=O)OCC(C)(C)N(OC(C)c1ccccc1)C(C)(COC(=O)c1ccccc1OC)c1ccccc1. The van der Waals surface area contributed by atoms with Crippen LogP contribution in [0.3, 0.4) is 0 Å². The van der Waals surface area contributed by atoms with Crippen molar-refractivity contribution in [2.24, 2.45) is 0 Å². The highest BCUT2D eigenvalue weighted by molar-refractivity contribution is 5.93. The smallest absolute Gasteiger partial charge is 0.341 e. The molecule has 0 aliphatic rings. The zero-order chi connectivity index (χ0) is 32.5. The van der Waals surface area contributed by atoms with E-state index in [2.05, 4.69) is 0 Å². The molecule has 45 heavy (non-hydrogen) atoms. The van der Waals surface area contributed by atoms with Gasteiger partial charge in [-0.05, 0) is 63.1 Å². The largest absolute Gasteiger partial charge is 0.496 e. The van der Waals surface area contributed by atoms with Gasteiger partial charge in [-0.25, -0.2) is 9.59 Å². The fourth-order valence-electron chi connectivity index (χ4n) is 5.22. The second-order valence-corrected chi connectivity index (χ2v) is 11.5. The summed E-state index contributed by atoms with van der Waals surface area (Å²) in [5.41, 5.74) is 0.445. The number of hydroxylamine groups is 2. The van der Waals surface area contributed by atoms with Crippen LogP contribution in [0.15, 0.2) is 109 Å². The van der Waals surface area contributed by atoms with Gasteiger partial charge in [-0.2, -0.15) is 5.06 Å². The summed E-state index contributed by atoms with van der Waals surface area (Å²) >= 11 is 0. The molecule has 0 heterocycles. The van der Waals surface area contributed by atoms with Crippen molar-refractivity contribution < 1.29 is 33.4 Å². The van der Waals surface area contributed by atoms with Crippen LogP contribution in [0.1, 0.15) is 65.6 Å². The summed E-state index contributed by atoms with van der Waals surface area (Å²) in [6, 6.07) is 33.3. The van der Waals surface area contributed by atoms with Crippen molar-refractivity contribution in [1.82, 2.24) is 5.06 Å². The molecule has 0 spiro atoms. The zero-order valence-electron chi connectivity index (χ0n) is 26.7. The van der Waals surface area contributed by atoms with Crippen LogP contribution in [-0.4, -0.2) is 50.0 Å². The molecule has 0 fully saturated rings. The topological polar surface area (TPSA) is 83.5 Å². The van der Waals surface area contributed by atoms with Crippen LogP contribution in [0.4, 0.5) is 0 Å². The number of methoxy groups -OCH3 is 2. The monoisotopic (exact) mass is 611 g/mol. The second kappa shape index (κ2) is 14.9. The number of rotatable bonds is 14. The van der Waals surface area contributed by atoms with E-state index in [0.29, 0.717) is 22.6 Å². The second-order valence-electron chi connectivity index (χ2n) is 11.5. The van der Waals surface area contributed by atoms with E-state index in [-0.39, 0.29) is 13.2 Å². The summed E-state index contributed by atoms with van der Waals surface area (Å²) in [5.74, 6) is -0.228. The highest BCUT2D eigenvalue weighted by Crippen LogP contribution is 2.39. The third-order valence-corrected chi connectivity index (χ3v) is 7.62. The molecule has 0 aromatic heterocycles. The molecule has 0 amide bonds. The van der Waals surface area contributed by atoms with Gasteiger partial charge < -0.3 is 18.9 Å². The molecule has 0 N–H and O–H groups in total. The Labute approximate surface area is 265 Å². The zero-order valence-corrected chi connectivity index (χ0v) is 26.7. The normalized spacial score (nSPS) is 13.4. The molecule has 4 aromatic rings. The number of benzene rings is 4. The van der Waals surface area contributed by atoms with E-state index in [4.69, 9.17) is 23.8 Å². The summed E-state index contributed by atoms with van der Waals surface area (Å²) in [4.78, 5) is 33.4. The number of carbonyl (C=O) groups excluding carboxylic acids is 2. The van der Waals surface area contributed by atoms with E-state index in [1.54, 1.807) is 53.6 Å². The van der Waals surface area contributed by atoms with Gasteiger partial charge >= 0.3 is 11.9 Å². The Hall–Kier alpha value is -4.66. The predicted molar refractivity (Wildman–Crippen MR) is 172 cm³/mol. The average molecular weight is 612 g/mol. The number of hydrogen-bond donors (Lipinski definition) is 0. The summed E-state index contributed by atoms with van der Waals surface area (Å²) < 4.78 is 22.7. The first-order valence-corrected chi connectivity index (χ1v) is 14.8. The van der Waals surface area contributed by atoms with Crippen LogP contribution in [0.5, 0.6) is 11.5 Å². The molecule has 4 rings (SSSR count). The number of esters is 2. The van der Waals surface area contributed by atoms with Gasteiger partial charge in [0.05, 0.1) is 19.8 Å². The molecular formula is C37H41NO7. The van der Waals surface area contributed by atoms with Gasteiger partial charge in [-0.15, -0.1) is 0 Å². The third-order valence-electron chi connectivity index (χ3n) is 7.62. The molecule has 8 nitrogen and oxygen atoms in total. The van der Waals surface area contributed by atoms with Crippen molar-refractivity contribution >= 4 is 11.9 Å². The van der Waals surface area contributed by atoms with E-state index in [1.165, 1.54) is 14.2 Å². The van der Waals surface area contributed by atoms with E-state index >= 15 is 0 Å². The molecule has 4 aromatic carbocycles. The Morgan fingerprint density at radius 1 is 0.644 bits per heavy atom. The van der Waals surface area contributed by atoms with Gasteiger partial charge in [0, 0.05) is 0 Å². The van der Waals surface area contributed by atoms with Crippen LogP contribution in [0.2, 0.25) is 0 Å². The molecule has 0 bridgehead atoms. The number of para-hydroxylation sites is 2. The Kier molecular flexibility index (Phi) is 11.0. The summed E-state index contributed by atoms with van der Waals surface area (Å²) in [6.07, 6.45) is -0.400. The molecule has 8 heteroatoms. The minimum Gasteiger partial charge on any atom is -0.496 e. The molecule has 0 radical (unpaired) electrons. The van der Waals surface area contributed by atoms with Crippen LogP contribution in [0, 0.1) is 0 Å². The fraction of sp³-hybridized carbons (Fsp3) is 0.297. The van der Waals surface area contributed by atoms with Gasteiger partial charge in [0.1, 0.15) is 47.5 Å². The highest BCUT2D eigenvalue weighted by Gasteiger charge is 2.46. The first-order chi connectivity index (χ1) is 21.6. The highest BCUT2D eigenvalue weighted by atomic mass is 16.7. The lowest BCUT2D eigenvalue weighted by atomic mass is 9.88. The molecule has 0 saturated heterocycles. The maximum Gasteiger partial charge on any atom is 0.341 e. The van der Waals surface area contributed by atoms with Crippen molar-refractivity contribution in [2.75, 3.05) is 27.4 Å². The Bertz CT molecular complexity index is 1560. The first-order valence-electron chi connectivity index (χ1n) is 14.8. The summed E-state index contributed by atoms with van der Waals surface area (Å²) in [5, 5.41) is 1.79. The molecule has 0 saturated carbocycles. The lowest BCUT2D eigenvalue weighted by Crippen LogP contribution is -2.59. The maximum absolute atomic E-state index is 13.4. The van der Waals surface area contributed by atoms with E-state index in [1.807, 2.05) is 88.4 Å². The van der Waals surface area contributed by atoms with Gasteiger partial charge in [-0.3, -0.25) is 4.84 Å². The Balaban J connectivity index is 1.71. The first kappa shape index (κ1) is 33.2. The lowest BCUT2D eigenvalue weighted by molar-refractivity contribution is -0.308. The van der Waals surface area contributed by atoms with Crippen molar-refractivity contribution in [2.45, 2.75) is 44.9 Å². The van der Waals surface area contributed by atoms with Gasteiger partial charge in [0.25, 0.3) is 0 Å².